The van der Waals surface area contributed by atoms with E-state index < -0.39 is 10.2 Å². The molecule has 0 amide bonds. The monoisotopic (exact) mass is 350 g/mol. The average molecular weight is 350 g/mol. The fourth-order valence-corrected chi connectivity index (χ4v) is 4.05. The van der Waals surface area contributed by atoms with Crippen LogP contribution in [-0.4, -0.2) is 20.8 Å². The highest BCUT2D eigenvalue weighted by Gasteiger charge is 2.13. The Bertz CT molecular complexity index is 1100. The van der Waals surface area contributed by atoms with Crippen molar-refractivity contribution in [2.75, 3.05) is 0 Å². The molecular formula is C20H18N2O2S. The smallest absolute Gasteiger partial charge is 0.179 e. The zero-order valence-electron chi connectivity index (χ0n) is 13.7. The van der Waals surface area contributed by atoms with Gasteiger partial charge in [0.05, 0.1) is 12.4 Å². The highest BCUT2D eigenvalue weighted by Crippen LogP contribution is 2.33. The summed E-state index contributed by atoms with van der Waals surface area (Å²) in [6, 6.07) is 18.0. The molecule has 126 valence electrons. The summed E-state index contributed by atoms with van der Waals surface area (Å²) in [7, 11) is -3.41. The summed E-state index contributed by atoms with van der Waals surface area (Å²) in [5.41, 5.74) is 3.17. The van der Waals surface area contributed by atoms with Gasteiger partial charge in [-0.1, -0.05) is 48.5 Å². The molecule has 5 heteroatoms. The molecule has 0 radical (unpaired) electrons. The maximum Gasteiger partial charge on any atom is 0.363 e. The molecule has 2 aliphatic rings. The Hall–Kier alpha value is -2.53. The number of aryl methyl sites for hydroxylation is 2. The van der Waals surface area contributed by atoms with Gasteiger partial charge in [0.15, 0.2) is 0 Å². The molecule has 0 atom stereocenters. The maximum absolute atomic E-state index is 10.0. The van der Waals surface area contributed by atoms with Crippen LogP contribution in [0, 0.1) is 0 Å². The van der Waals surface area contributed by atoms with Crippen molar-refractivity contribution in [2.24, 2.45) is 8.80 Å². The Labute approximate surface area is 147 Å². The van der Waals surface area contributed by atoms with Crippen molar-refractivity contribution in [1.29, 1.82) is 0 Å². The van der Waals surface area contributed by atoms with Gasteiger partial charge in [0, 0.05) is 0 Å². The fourth-order valence-electron chi connectivity index (χ4n) is 3.58. The van der Waals surface area contributed by atoms with Gasteiger partial charge in [0.1, 0.15) is 0 Å². The van der Waals surface area contributed by atoms with E-state index in [-0.39, 0.29) is 0 Å². The largest absolute Gasteiger partial charge is 0.363 e. The maximum atomic E-state index is 10.0. The molecule has 0 saturated heterocycles. The van der Waals surface area contributed by atoms with Crippen LogP contribution in [0.4, 0.5) is 0 Å². The van der Waals surface area contributed by atoms with Crippen molar-refractivity contribution in [3.8, 4) is 0 Å². The second-order valence-corrected chi connectivity index (χ2v) is 7.57. The summed E-state index contributed by atoms with van der Waals surface area (Å²) in [6.07, 6.45) is 7.48. The van der Waals surface area contributed by atoms with E-state index in [9.17, 15) is 8.42 Å². The molecule has 3 aromatic carbocycles. The molecule has 0 aromatic heterocycles. The van der Waals surface area contributed by atoms with Crippen LogP contribution in [0.25, 0.3) is 21.5 Å². The predicted octanol–water partition coefficient (Wildman–Crippen LogP) is 4.26. The van der Waals surface area contributed by atoms with E-state index in [2.05, 4.69) is 57.3 Å². The number of benzene rings is 3. The number of nitrogens with zero attached hydrogens (tertiary/aromatic N) is 2. The number of hydrogen-bond acceptors (Lipinski definition) is 2. The average Bonchev–Trinajstić information content (AvgIpc) is 3.06. The van der Waals surface area contributed by atoms with Crippen LogP contribution in [0.1, 0.15) is 24.0 Å². The minimum atomic E-state index is -3.41. The Kier molecular flexibility index (Phi) is 4.09. The van der Waals surface area contributed by atoms with Crippen LogP contribution in [0.15, 0.2) is 57.3 Å². The third-order valence-electron chi connectivity index (χ3n) is 4.71. The van der Waals surface area contributed by atoms with E-state index in [0.717, 1.165) is 12.4 Å². The van der Waals surface area contributed by atoms with Crippen molar-refractivity contribution in [3.63, 3.8) is 0 Å². The van der Waals surface area contributed by atoms with E-state index >= 15 is 0 Å². The zero-order valence-corrected chi connectivity index (χ0v) is 14.5. The first-order valence-corrected chi connectivity index (χ1v) is 9.80. The Morgan fingerprint density at radius 3 is 2.20 bits per heavy atom. The molecule has 0 N–H and O–H groups in total. The van der Waals surface area contributed by atoms with E-state index in [4.69, 9.17) is 0 Å². The number of fused-ring (bicyclic) bond motifs is 5. The van der Waals surface area contributed by atoms with Crippen molar-refractivity contribution >= 4 is 44.2 Å². The summed E-state index contributed by atoms with van der Waals surface area (Å²) in [5.74, 6) is 0. The van der Waals surface area contributed by atoms with Crippen molar-refractivity contribution < 1.29 is 8.42 Å². The standard InChI is InChI=1S/C18H16.C2H2N2O2S/c1-3-7-15-13(5-1)9-11-18-16-8-4-2-6-14(16)10-12-17(15)18;5-7(6)3-1-2-4-7/h1,3,5,7,9-12H,2,4,6,8H2;1-2H. The molecule has 25 heavy (non-hydrogen) atoms. The van der Waals surface area contributed by atoms with Gasteiger partial charge in [-0.3, -0.25) is 0 Å². The van der Waals surface area contributed by atoms with E-state index in [1.54, 1.807) is 11.1 Å². The number of hydrogen-bond donors (Lipinski definition) is 0. The van der Waals surface area contributed by atoms with Gasteiger partial charge in [0.25, 0.3) is 0 Å². The van der Waals surface area contributed by atoms with Crippen LogP contribution < -0.4 is 0 Å². The third-order valence-corrected chi connectivity index (χ3v) is 5.49. The predicted molar refractivity (Wildman–Crippen MR) is 104 cm³/mol. The molecule has 4 nitrogen and oxygen atoms in total. The summed E-state index contributed by atoms with van der Waals surface area (Å²) in [4.78, 5) is 0. The fraction of sp³-hybridized carbons (Fsp3) is 0.200. The topological polar surface area (TPSA) is 58.9 Å². The lowest BCUT2D eigenvalue weighted by Gasteiger charge is -2.18. The highest BCUT2D eigenvalue weighted by molar-refractivity contribution is 7.89. The van der Waals surface area contributed by atoms with Gasteiger partial charge >= 0.3 is 10.2 Å². The van der Waals surface area contributed by atoms with Crippen molar-refractivity contribution in [3.05, 3.63) is 59.7 Å². The Morgan fingerprint density at radius 2 is 1.44 bits per heavy atom. The molecule has 1 aliphatic carbocycles. The minimum absolute atomic E-state index is 1.13. The summed E-state index contributed by atoms with van der Waals surface area (Å²) in [6.45, 7) is 0. The first-order valence-electron chi connectivity index (χ1n) is 8.40. The first-order chi connectivity index (χ1) is 12.1. The lowest BCUT2D eigenvalue weighted by molar-refractivity contribution is 0.601. The van der Waals surface area contributed by atoms with Gasteiger partial charge in [-0.2, -0.15) is 17.2 Å². The first kappa shape index (κ1) is 16.0. The van der Waals surface area contributed by atoms with E-state index in [0.29, 0.717) is 0 Å². The van der Waals surface area contributed by atoms with Crippen LogP contribution in [0.2, 0.25) is 0 Å². The number of rotatable bonds is 0. The van der Waals surface area contributed by atoms with Gasteiger partial charge in [-0.25, -0.2) is 0 Å². The summed E-state index contributed by atoms with van der Waals surface area (Å²) in [5, 5.41) is 5.64. The zero-order chi connectivity index (χ0) is 17.3. The minimum Gasteiger partial charge on any atom is -0.179 e. The lowest BCUT2D eigenvalue weighted by atomic mass is 9.86. The molecule has 1 heterocycles. The Balaban J connectivity index is 0.000000190. The Morgan fingerprint density at radius 1 is 0.720 bits per heavy atom. The van der Waals surface area contributed by atoms with Crippen LogP contribution in [-0.2, 0) is 23.1 Å². The van der Waals surface area contributed by atoms with Crippen LogP contribution >= 0.6 is 0 Å². The van der Waals surface area contributed by atoms with Gasteiger partial charge in [0.2, 0.25) is 0 Å². The van der Waals surface area contributed by atoms with Gasteiger partial charge in [-0.05, 0) is 58.4 Å². The molecular weight excluding hydrogens is 332 g/mol. The van der Waals surface area contributed by atoms with E-state index in [1.165, 1.54) is 47.2 Å². The highest BCUT2D eigenvalue weighted by atomic mass is 32.2. The third kappa shape index (κ3) is 3.20. The molecule has 0 fully saturated rings. The molecule has 5 rings (SSSR count). The van der Waals surface area contributed by atoms with Crippen LogP contribution in [0.3, 0.4) is 0 Å². The molecule has 0 unspecified atom stereocenters. The lowest BCUT2D eigenvalue weighted by Crippen LogP contribution is -2.02. The normalized spacial score (nSPS) is 17.3. The van der Waals surface area contributed by atoms with Gasteiger partial charge < -0.3 is 0 Å². The summed E-state index contributed by atoms with van der Waals surface area (Å²) < 4.78 is 26.1. The van der Waals surface area contributed by atoms with E-state index in [1.807, 2.05) is 0 Å². The molecule has 0 saturated carbocycles. The van der Waals surface area contributed by atoms with Crippen molar-refractivity contribution in [2.45, 2.75) is 25.7 Å². The van der Waals surface area contributed by atoms with Gasteiger partial charge in [-0.15, -0.1) is 0 Å². The molecule has 3 aromatic rings. The molecule has 0 spiro atoms. The second kappa shape index (κ2) is 6.41. The molecule has 0 bridgehead atoms. The van der Waals surface area contributed by atoms with Crippen molar-refractivity contribution in [1.82, 2.24) is 0 Å². The SMILES string of the molecule is O=S1(=O)N=CC=N1.c1ccc2c(c1)ccc1c3c(ccc12)CCCC3. The van der Waals surface area contributed by atoms with Crippen LogP contribution in [0.5, 0.6) is 0 Å². The second-order valence-electron chi connectivity index (χ2n) is 6.25. The summed E-state index contributed by atoms with van der Waals surface area (Å²) >= 11 is 0. The quantitative estimate of drug-likeness (QED) is 0.569. The molecule has 1 aliphatic heterocycles.